The maximum atomic E-state index is 12.5. The summed E-state index contributed by atoms with van der Waals surface area (Å²) in [4.78, 5) is 10.9. The first-order valence-electron chi connectivity index (χ1n) is 7.73. The summed E-state index contributed by atoms with van der Waals surface area (Å²) in [6, 6.07) is 8.48. The van der Waals surface area contributed by atoms with Crippen LogP contribution in [0.5, 0.6) is 0 Å². The highest BCUT2D eigenvalue weighted by molar-refractivity contribution is 7.85. The van der Waals surface area contributed by atoms with E-state index in [9.17, 15) is 9.00 Å². The molecule has 1 aromatic carbocycles. The highest BCUT2D eigenvalue weighted by Gasteiger charge is 2.45. The van der Waals surface area contributed by atoms with Gasteiger partial charge in [0, 0.05) is 22.3 Å². The molecule has 21 heavy (non-hydrogen) atoms. The van der Waals surface area contributed by atoms with Gasteiger partial charge in [0.25, 0.3) is 0 Å². The van der Waals surface area contributed by atoms with Crippen LogP contribution in [-0.4, -0.2) is 26.8 Å². The molecule has 2 aliphatic carbocycles. The van der Waals surface area contributed by atoms with Crippen LogP contribution in [0.15, 0.2) is 24.3 Å². The Balaban J connectivity index is 1.63. The minimum Gasteiger partial charge on any atom is -0.481 e. The summed E-state index contributed by atoms with van der Waals surface area (Å²) in [7, 11) is -0.912. The summed E-state index contributed by atoms with van der Waals surface area (Å²) in [5.41, 5.74) is 2.60. The van der Waals surface area contributed by atoms with Crippen molar-refractivity contribution in [2.45, 2.75) is 44.4 Å². The van der Waals surface area contributed by atoms with Crippen molar-refractivity contribution < 1.29 is 14.1 Å². The van der Waals surface area contributed by atoms with Crippen LogP contribution < -0.4 is 0 Å². The van der Waals surface area contributed by atoms with Gasteiger partial charge in [-0.25, -0.2) is 0 Å². The Bertz CT molecular complexity index is 563. The summed E-state index contributed by atoms with van der Waals surface area (Å²) in [6.07, 6.45) is 5.43. The minimum absolute atomic E-state index is 0.162. The number of hydrogen-bond acceptors (Lipinski definition) is 2. The number of rotatable bonds is 6. The second kappa shape index (κ2) is 5.91. The van der Waals surface area contributed by atoms with Crippen LogP contribution in [0.25, 0.3) is 0 Å². The van der Waals surface area contributed by atoms with Gasteiger partial charge < -0.3 is 5.11 Å². The Labute approximate surface area is 128 Å². The highest BCUT2D eigenvalue weighted by Crippen LogP contribution is 2.49. The molecule has 0 radical (unpaired) electrons. The molecule has 2 unspecified atom stereocenters. The fraction of sp³-hybridized carbons (Fsp3) is 0.588. The molecular weight excluding hydrogens is 284 g/mol. The predicted octanol–water partition coefficient (Wildman–Crippen LogP) is 3.11. The molecule has 0 bridgehead atoms. The number of hydrogen-bond donors (Lipinski definition) is 1. The van der Waals surface area contributed by atoms with Crippen LogP contribution in [0.3, 0.4) is 0 Å². The molecule has 1 aromatic rings. The van der Waals surface area contributed by atoms with Gasteiger partial charge in [0.1, 0.15) is 0 Å². The monoisotopic (exact) mass is 306 g/mol. The molecule has 0 amide bonds. The number of carboxylic acids is 1. The molecule has 4 heteroatoms. The lowest BCUT2D eigenvalue weighted by Gasteiger charge is -2.25. The zero-order chi connectivity index (χ0) is 14.9. The molecular formula is C17H22O3S. The number of carbonyl (C=O) groups is 1. The molecule has 3 rings (SSSR count). The zero-order valence-corrected chi connectivity index (χ0v) is 13.0. The van der Waals surface area contributed by atoms with E-state index in [-0.39, 0.29) is 11.8 Å². The van der Waals surface area contributed by atoms with E-state index in [1.165, 1.54) is 17.5 Å². The van der Waals surface area contributed by atoms with Gasteiger partial charge in [0.2, 0.25) is 0 Å². The summed E-state index contributed by atoms with van der Waals surface area (Å²) in [5, 5.41) is 8.95. The average molecular weight is 306 g/mol. The largest absolute Gasteiger partial charge is 0.481 e. The lowest BCUT2D eigenvalue weighted by Crippen LogP contribution is -2.22. The smallest absolute Gasteiger partial charge is 0.303 e. The van der Waals surface area contributed by atoms with Crippen molar-refractivity contribution in [1.29, 1.82) is 0 Å². The molecule has 0 heterocycles. The number of fused-ring (bicyclic) bond motifs is 1. The first-order chi connectivity index (χ1) is 10.1. The van der Waals surface area contributed by atoms with Gasteiger partial charge in [-0.1, -0.05) is 24.3 Å². The summed E-state index contributed by atoms with van der Waals surface area (Å²) < 4.78 is 12.5. The van der Waals surface area contributed by atoms with Crippen molar-refractivity contribution in [1.82, 2.24) is 0 Å². The topological polar surface area (TPSA) is 54.4 Å². The van der Waals surface area contributed by atoms with Gasteiger partial charge in [-0.2, -0.15) is 0 Å². The van der Waals surface area contributed by atoms with Gasteiger partial charge >= 0.3 is 5.97 Å². The van der Waals surface area contributed by atoms with Gasteiger partial charge in [-0.05, 0) is 54.6 Å². The van der Waals surface area contributed by atoms with Gasteiger partial charge in [0.15, 0.2) is 0 Å². The van der Waals surface area contributed by atoms with Gasteiger partial charge in [0.05, 0.1) is 6.42 Å². The maximum absolute atomic E-state index is 12.5. The third-order valence-corrected chi connectivity index (χ3v) is 6.54. The van der Waals surface area contributed by atoms with Crippen LogP contribution >= 0.6 is 0 Å². The second-order valence-corrected chi connectivity index (χ2v) is 8.11. The van der Waals surface area contributed by atoms with Crippen LogP contribution in [0.4, 0.5) is 0 Å². The van der Waals surface area contributed by atoms with E-state index in [2.05, 4.69) is 24.3 Å². The van der Waals surface area contributed by atoms with Crippen molar-refractivity contribution in [3.63, 3.8) is 0 Å². The van der Waals surface area contributed by atoms with Crippen molar-refractivity contribution in [3.8, 4) is 0 Å². The van der Waals surface area contributed by atoms with Gasteiger partial charge in [-0.3, -0.25) is 9.00 Å². The van der Waals surface area contributed by atoms with Crippen molar-refractivity contribution in [3.05, 3.63) is 35.4 Å². The van der Waals surface area contributed by atoms with E-state index in [1.807, 2.05) is 0 Å². The number of aryl methyl sites for hydroxylation is 1. The molecule has 3 nitrogen and oxygen atoms in total. The average Bonchev–Trinajstić information content (AvgIpc) is 3.17. The molecule has 1 N–H and O–H groups in total. The molecule has 1 saturated carbocycles. The van der Waals surface area contributed by atoms with Crippen LogP contribution in [0.2, 0.25) is 0 Å². The summed E-state index contributed by atoms with van der Waals surface area (Å²) >= 11 is 0. The van der Waals surface area contributed by atoms with E-state index in [4.69, 9.17) is 5.11 Å². The quantitative estimate of drug-likeness (QED) is 0.878. The van der Waals surface area contributed by atoms with Crippen molar-refractivity contribution in [2.75, 3.05) is 11.5 Å². The zero-order valence-electron chi connectivity index (χ0n) is 12.2. The Morgan fingerprint density at radius 1 is 1.33 bits per heavy atom. The van der Waals surface area contributed by atoms with Gasteiger partial charge in [-0.15, -0.1) is 0 Å². The fourth-order valence-electron chi connectivity index (χ4n) is 3.52. The van der Waals surface area contributed by atoms with E-state index in [1.54, 1.807) is 0 Å². The van der Waals surface area contributed by atoms with E-state index >= 15 is 0 Å². The lowest BCUT2D eigenvalue weighted by molar-refractivity contribution is -0.138. The van der Waals surface area contributed by atoms with Crippen LogP contribution in [-0.2, 0) is 22.0 Å². The third kappa shape index (κ3) is 3.54. The van der Waals surface area contributed by atoms with E-state index < -0.39 is 16.8 Å². The second-order valence-electron chi connectivity index (χ2n) is 6.61. The normalized spacial score (nSPS) is 24.1. The molecule has 0 aromatic heterocycles. The standard InChI is InChI=1S/C17H22O3S/c18-16(19)10-17(8-9-17)12-21(20)11-14-6-3-5-13-4-1-2-7-15(13)14/h1-2,4,7,14H,3,5-6,8-12H2,(H,18,19). The number of benzene rings is 1. The van der Waals surface area contributed by atoms with Crippen molar-refractivity contribution in [2.24, 2.45) is 5.41 Å². The maximum Gasteiger partial charge on any atom is 0.303 e. The third-order valence-electron chi connectivity index (χ3n) is 4.83. The first kappa shape index (κ1) is 14.8. The van der Waals surface area contributed by atoms with Crippen molar-refractivity contribution >= 4 is 16.8 Å². The molecule has 1 fully saturated rings. The molecule has 0 aliphatic heterocycles. The van der Waals surface area contributed by atoms with E-state index in [0.29, 0.717) is 17.4 Å². The molecule has 114 valence electrons. The number of carboxylic acid groups (broad SMARTS) is 1. The van der Waals surface area contributed by atoms with Crippen LogP contribution in [0, 0.1) is 5.41 Å². The predicted molar refractivity (Wildman–Crippen MR) is 83.9 cm³/mol. The Morgan fingerprint density at radius 2 is 2.10 bits per heavy atom. The van der Waals surface area contributed by atoms with E-state index in [0.717, 1.165) is 25.7 Å². The lowest BCUT2D eigenvalue weighted by atomic mass is 9.84. The van der Waals surface area contributed by atoms with Crippen LogP contribution in [0.1, 0.15) is 49.1 Å². The fourth-order valence-corrected chi connectivity index (χ4v) is 5.51. The highest BCUT2D eigenvalue weighted by atomic mass is 32.2. The molecule has 2 aliphatic rings. The molecule has 0 saturated heterocycles. The first-order valence-corrected chi connectivity index (χ1v) is 9.21. The Kier molecular flexibility index (Phi) is 4.16. The molecule has 0 spiro atoms. The molecule has 2 atom stereocenters. The summed E-state index contributed by atoms with van der Waals surface area (Å²) in [5.74, 6) is 0.889. The number of aliphatic carboxylic acids is 1. The minimum atomic E-state index is -0.912. The Hall–Kier alpha value is -1.16. The Morgan fingerprint density at radius 3 is 2.81 bits per heavy atom. The SMILES string of the molecule is O=C(O)CC1(CS(=O)CC2CCCc3ccccc32)CC1. The summed E-state index contributed by atoms with van der Waals surface area (Å²) in [6.45, 7) is 0.